The van der Waals surface area contributed by atoms with Gasteiger partial charge in [0.15, 0.2) is 0 Å². The van der Waals surface area contributed by atoms with Gasteiger partial charge in [0, 0.05) is 30.1 Å². The Morgan fingerprint density at radius 3 is 2.69 bits per heavy atom. The number of hydrogen-bond donors (Lipinski definition) is 2. The van der Waals surface area contributed by atoms with Gasteiger partial charge >= 0.3 is 0 Å². The predicted molar refractivity (Wildman–Crippen MR) is 108 cm³/mol. The SMILES string of the molecule is CC(=O)Nc1ccc(F)c(NC(=O)c2cccnc2SCc2c(C)noc2C)c1. The molecule has 0 saturated heterocycles. The Balaban J connectivity index is 1.79. The lowest BCUT2D eigenvalue weighted by molar-refractivity contribution is -0.114. The average Bonchev–Trinajstić information content (AvgIpc) is 3.00. The number of carbonyl (C=O) groups excluding carboxylic acids is 2. The molecule has 3 rings (SSSR count). The van der Waals surface area contributed by atoms with E-state index in [-0.39, 0.29) is 11.6 Å². The summed E-state index contributed by atoms with van der Waals surface area (Å²) in [7, 11) is 0. The number of halogens is 1. The molecule has 0 unspecified atom stereocenters. The number of nitrogens with zero attached hydrogens (tertiary/aromatic N) is 2. The first-order valence-electron chi connectivity index (χ1n) is 8.73. The second-order valence-corrected chi connectivity index (χ2v) is 7.24. The number of aryl methyl sites for hydroxylation is 2. The standard InChI is InChI=1S/C20H19FN4O3S/c1-11-16(12(2)28-25-11)10-29-20-15(5-4-8-22-20)19(27)24-18-9-14(23-13(3)26)6-7-17(18)21/h4-9H,10H2,1-3H3,(H,23,26)(H,24,27). The number of pyridine rings is 1. The molecule has 0 bridgehead atoms. The van der Waals surface area contributed by atoms with E-state index in [1.807, 2.05) is 13.8 Å². The molecule has 9 heteroatoms. The second-order valence-electron chi connectivity index (χ2n) is 6.28. The highest BCUT2D eigenvalue weighted by atomic mass is 32.2. The summed E-state index contributed by atoms with van der Waals surface area (Å²) < 4.78 is 19.3. The third-order valence-corrected chi connectivity index (χ3v) is 5.12. The van der Waals surface area contributed by atoms with Crippen LogP contribution in [0.3, 0.4) is 0 Å². The number of hydrogen-bond acceptors (Lipinski definition) is 6. The number of rotatable bonds is 6. The molecule has 0 aliphatic rings. The maximum atomic E-state index is 14.1. The Morgan fingerprint density at radius 2 is 2.00 bits per heavy atom. The predicted octanol–water partition coefficient (Wildman–Crippen LogP) is 4.33. The Morgan fingerprint density at radius 1 is 1.21 bits per heavy atom. The van der Waals surface area contributed by atoms with Crippen molar-refractivity contribution in [2.45, 2.75) is 31.6 Å². The summed E-state index contributed by atoms with van der Waals surface area (Å²) in [5.74, 6) is -0.155. The van der Waals surface area contributed by atoms with Crippen LogP contribution in [0.25, 0.3) is 0 Å². The Kier molecular flexibility index (Phi) is 6.28. The smallest absolute Gasteiger partial charge is 0.258 e. The zero-order chi connectivity index (χ0) is 21.0. The molecule has 2 aromatic heterocycles. The van der Waals surface area contributed by atoms with Gasteiger partial charge in [-0.15, -0.1) is 11.8 Å². The molecule has 2 heterocycles. The summed E-state index contributed by atoms with van der Waals surface area (Å²) in [6, 6.07) is 7.22. The number of carbonyl (C=O) groups is 2. The lowest BCUT2D eigenvalue weighted by Gasteiger charge is -2.11. The van der Waals surface area contributed by atoms with Gasteiger partial charge in [-0.05, 0) is 44.2 Å². The Labute approximate surface area is 171 Å². The molecule has 2 N–H and O–H groups in total. The molecular formula is C20H19FN4O3S. The molecule has 0 fully saturated rings. The number of nitrogens with one attached hydrogen (secondary N) is 2. The third-order valence-electron chi connectivity index (χ3n) is 4.09. The lowest BCUT2D eigenvalue weighted by atomic mass is 10.2. The van der Waals surface area contributed by atoms with Gasteiger partial charge in [0.25, 0.3) is 5.91 Å². The zero-order valence-electron chi connectivity index (χ0n) is 16.1. The summed E-state index contributed by atoms with van der Waals surface area (Å²) >= 11 is 1.37. The minimum absolute atomic E-state index is 0.0354. The number of anilines is 2. The van der Waals surface area contributed by atoms with Crippen molar-refractivity contribution >= 4 is 35.0 Å². The van der Waals surface area contributed by atoms with Crippen LogP contribution in [0.15, 0.2) is 46.1 Å². The first kappa shape index (κ1) is 20.5. The number of thioether (sulfide) groups is 1. The first-order chi connectivity index (χ1) is 13.8. The second kappa shape index (κ2) is 8.87. The highest BCUT2D eigenvalue weighted by molar-refractivity contribution is 7.98. The van der Waals surface area contributed by atoms with E-state index in [4.69, 9.17) is 4.52 Å². The monoisotopic (exact) mass is 414 g/mol. The molecule has 150 valence electrons. The first-order valence-corrected chi connectivity index (χ1v) is 9.71. The molecule has 29 heavy (non-hydrogen) atoms. The molecule has 1 aromatic carbocycles. The van der Waals surface area contributed by atoms with Gasteiger partial charge in [0.05, 0.1) is 16.9 Å². The van der Waals surface area contributed by atoms with E-state index in [0.29, 0.717) is 27.8 Å². The van der Waals surface area contributed by atoms with E-state index >= 15 is 0 Å². The van der Waals surface area contributed by atoms with E-state index < -0.39 is 11.7 Å². The van der Waals surface area contributed by atoms with Crippen LogP contribution in [-0.2, 0) is 10.5 Å². The van der Waals surface area contributed by atoms with E-state index in [0.717, 1.165) is 11.3 Å². The molecule has 0 saturated carbocycles. The van der Waals surface area contributed by atoms with Gasteiger partial charge in [0.1, 0.15) is 16.6 Å². The van der Waals surface area contributed by atoms with Crippen LogP contribution in [0.1, 0.15) is 34.3 Å². The summed E-state index contributed by atoms with van der Waals surface area (Å²) in [6.45, 7) is 5.02. The van der Waals surface area contributed by atoms with Crippen molar-refractivity contribution in [3.05, 3.63) is 64.9 Å². The summed E-state index contributed by atoms with van der Waals surface area (Å²) in [6.07, 6.45) is 1.59. The van der Waals surface area contributed by atoms with Gasteiger partial charge in [-0.2, -0.15) is 0 Å². The van der Waals surface area contributed by atoms with Crippen LogP contribution in [0.5, 0.6) is 0 Å². The van der Waals surface area contributed by atoms with Crippen molar-refractivity contribution in [1.29, 1.82) is 0 Å². The quantitative estimate of drug-likeness (QED) is 0.583. The molecule has 0 aliphatic heterocycles. The van der Waals surface area contributed by atoms with Crippen molar-refractivity contribution in [3.63, 3.8) is 0 Å². The molecule has 7 nitrogen and oxygen atoms in total. The Hall–Kier alpha value is -3.20. The zero-order valence-corrected chi connectivity index (χ0v) is 16.9. The molecule has 2 amide bonds. The van der Waals surface area contributed by atoms with Crippen molar-refractivity contribution in [3.8, 4) is 0 Å². The lowest BCUT2D eigenvalue weighted by Crippen LogP contribution is -2.15. The fraction of sp³-hybridized carbons (Fsp3) is 0.200. The summed E-state index contributed by atoms with van der Waals surface area (Å²) in [5, 5.41) is 9.53. The highest BCUT2D eigenvalue weighted by Gasteiger charge is 2.17. The van der Waals surface area contributed by atoms with E-state index in [9.17, 15) is 14.0 Å². The van der Waals surface area contributed by atoms with Crippen LogP contribution in [-0.4, -0.2) is 22.0 Å². The van der Waals surface area contributed by atoms with Gasteiger partial charge in [-0.3, -0.25) is 9.59 Å². The molecule has 3 aromatic rings. The number of amides is 2. The van der Waals surface area contributed by atoms with Crippen molar-refractivity contribution in [2.75, 3.05) is 10.6 Å². The third kappa shape index (κ3) is 5.00. The van der Waals surface area contributed by atoms with Crippen LogP contribution < -0.4 is 10.6 Å². The number of benzene rings is 1. The minimum atomic E-state index is -0.610. The van der Waals surface area contributed by atoms with E-state index in [1.165, 1.54) is 36.9 Å². The van der Waals surface area contributed by atoms with Crippen LogP contribution in [0, 0.1) is 19.7 Å². The largest absolute Gasteiger partial charge is 0.361 e. The topological polar surface area (TPSA) is 97.1 Å². The highest BCUT2D eigenvalue weighted by Crippen LogP contribution is 2.28. The summed E-state index contributed by atoms with van der Waals surface area (Å²) in [4.78, 5) is 28.2. The van der Waals surface area contributed by atoms with Gasteiger partial charge in [0.2, 0.25) is 5.91 Å². The maximum absolute atomic E-state index is 14.1. The summed E-state index contributed by atoms with van der Waals surface area (Å²) in [5.41, 5.74) is 2.39. The molecule has 0 aliphatic carbocycles. The normalized spacial score (nSPS) is 10.6. The van der Waals surface area contributed by atoms with Crippen molar-refractivity contribution in [2.24, 2.45) is 0 Å². The van der Waals surface area contributed by atoms with Crippen LogP contribution in [0.2, 0.25) is 0 Å². The fourth-order valence-corrected chi connectivity index (χ4v) is 3.76. The Bertz CT molecular complexity index is 1050. The minimum Gasteiger partial charge on any atom is -0.361 e. The number of aromatic nitrogens is 2. The van der Waals surface area contributed by atoms with Gasteiger partial charge in [-0.25, -0.2) is 9.37 Å². The molecule has 0 radical (unpaired) electrons. The van der Waals surface area contributed by atoms with Gasteiger partial charge < -0.3 is 15.2 Å². The van der Waals surface area contributed by atoms with Crippen LogP contribution >= 0.6 is 11.8 Å². The molecule has 0 atom stereocenters. The average molecular weight is 414 g/mol. The molecule has 0 spiro atoms. The maximum Gasteiger partial charge on any atom is 0.258 e. The fourth-order valence-electron chi connectivity index (χ4n) is 2.62. The van der Waals surface area contributed by atoms with E-state index in [2.05, 4.69) is 20.8 Å². The van der Waals surface area contributed by atoms with Crippen LogP contribution in [0.4, 0.5) is 15.8 Å². The van der Waals surface area contributed by atoms with Crippen molar-refractivity contribution in [1.82, 2.24) is 10.1 Å². The van der Waals surface area contributed by atoms with Gasteiger partial charge in [-0.1, -0.05) is 5.16 Å². The van der Waals surface area contributed by atoms with E-state index in [1.54, 1.807) is 18.3 Å². The molecular weight excluding hydrogens is 395 g/mol. The van der Waals surface area contributed by atoms with Crippen molar-refractivity contribution < 1.29 is 18.5 Å².